The number of piperazine rings is 1. The second-order valence-electron chi connectivity index (χ2n) is 7.35. The van der Waals surface area contributed by atoms with Crippen molar-refractivity contribution in [2.24, 2.45) is 0 Å². The van der Waals surface area contributed by atoms with Gasteiger partial charge in [0.25, 0.3) is 0 Å². The molecular formula is C19H30N2O3. The van der Waals surface area contributed by atoms with Crippen LogP contribution in [0.25, 0.3) is 0 Å². The Kier molecular flexibility index (Phi) is 5.62. The van der Waals surface area contributed by atoms with Crippen molar-refractivity contribution in [3.05, 3.63) is 23.8 Å². The molecular weight excluding hydrogens is 304 g/mol. The van der Waals surface area contributed by atoms with Crippen molar-refractivity contribution in [3.8, 4) is 5.75 Å². The lowest BCUT2D eigenvalue weighted by Gasteiger charge is -2.41. The van der Waals surface area contributed by atoms with Crippen LogP contribution in [0.2, 0.25) is 0 Å². The predicted molar refractivity (Wildman–Crippen MR) is 97.0 cm³/mol. The number of rotatable bonds is 3. The maximum Gasteiger partial charge on any atom is 0.410 e. The third kappa shape index (κ3) is 4.56. The fraction of sp³-hybridized carbons (Fsp3) is 0.632. The maximum atomic E-state index is 12.3. The zero-order valence-corrected chi connectivity index (χ0v) is 15.8. The highest BCUT2D eigenvalue weighted by molar-refractivity contribution is 5.69. The van der Waals surface area contributed by atoms with Crippen molar-refractivity contribution < 1.29 is 14.3 Å². The van der Waals surface area contributed by atoms with E-state index in [9.17, 15) is 4.79 Å². The fourth-order valence-electron chi connectivity index (χ4n) is 2.93. The molecule has 1 amide bonds. The molecule has 134 valence electrons. The van der Waals surface area contributed by atoms with Gasteiger partial charge in [0.2, 0.25) is 0 Å². The van der Waals surface area contributed by atoms with E-state index in [-0.39, 0.29) is 12.1 Å². The van der Waals surface area contributed by atoms with Gasteiger partial charge in [0.15, 0.2) is 0 Å². The molecule has 24 heavy (non-hydrogen) atoms. The summed E-state index contributed by atoms with van der Waals surface area (Å²) in [5.74, 6) is 0.932. The molecule has 1 aliphatic rings. The normalized spacial score (nSPS) is 18.5. The number of carbonyl (C=O) groups is 1. The Morgan fingerprint density at radius 2 is 2.00 bits per heavy atom. The van der Waals surface area contributed by atoms with E-state index in [1.165, 1.54) is 5.69 Å². The summed E-state index contributed by atoms with van der Waals surface area (Å²) < 4.78 is 11.1. The number of nitrogens with zero attached hydrogens (tertiary/aromatic N) is 2. The van der Waals surface area contributed by atoms with Crippen LogP contribution in [0.1, 0.15) is 40.2 Å². The molecule has 1 atom stereocenters. The molecule has 1 saturated heterocycles. The van der Waals surface area contributed by atoms with E-state index in [1.807, 2.05) is 38.7 Å². The highest BCUT2D eigenvalue weighted by atomic mass is 16.6. The Balaban J connectivity index is 2.02. The molecule has 1 fully saturated rings. The Labute approximate surface area is 145 Å². The van der Waals surface area contributed by atoms with Crippen molar-refractivity contribution in [1.82, 2.24) is 4.90 Å². The van der Waals surface area contributed by atoms with Gasteiger partial charge in [0, 0.05) is 31.4 Å². The first-order chi connectivity index (χ1) is 11.2. The molecule has 2 rings (SSSR count). The standard InChI is InChI=1S/C19H30N2O3/c1-7-23-17-9-8-16(12-14(17)2)20-10-11-21(15(3)13-20)18(22)24-19(4,5)6/h8-9,12,15H,7,10-11,13H2,1-6H3/t15-/m1/s1. The van der Waals surface area contributed by atoms with Crippen LogP contribution in [0.15, 0.2) is 18.2 Å². The minimum Gasteiger partial charge on any atom is -0.494 e. The predicted octanol–water partition coefficient (Wildman–Crippen LogP) is 3.84. The lowest BCUT2D eigenvalue weighted by molar-refractivity contribution is 0.0159. The topological polar surface area (TPSA) is 42.0 Å². The molecule has 5 heteroatoms. The van der Waals surface area contributed by atoms with Gasteiger partial charge in [0.1, 0.15) is 11.4 Å². The fourth-order valence-corrected chi connectivity index (χ4v) is 2.93. The summed E-state index contributed by atoms with van der Waals surface area (Å²) in [4.78, 5) is 16.4. The smallest absolute Gasteiger partial charge is 0.410 e. The first kappa shape index (κ1) is 18.4. The van der Waals surface area contributed by atoms with E-state index < -0.39 is 5.60 Å². The number of hydrogen-bond acceptors (Lipinski definition) is 4. The van der Waals surface area contributed by atoms with Crippen molar-refractivity contribution in [2.45, 2.75) is 53.2 Å². The maximum absolute atomic E-state index is 12.3. The van der Waals surface area contributed by atoms with Gasteiger partial charge in [-0.1, -0.05) is 0 Å². The van der Waals surface area contributed by atoms with Crippen LogP contribution in [-0.2, 0) is 4.74 Å². The van der Waals surface area contributed by atoms with Crippen molar-refractivity contribution in [1.29, 1.82) is 0 Å². The lowest BCUT2D eigenvalue weighted by Crippen LogP contribution is -2.55. The van der Waals surface area contributed by atoms with Gasteiger partial charge >= 0.3 is 6.09 Å². The van der Waals surface area contributed by atoms with Crippen LogP contribution >= 0.6 is 0 Å². The van der Waals surface area contributed by atoms with Crippen LogP contribution in [0.4, 0.5) is 10.5 Å². The van der Waals surface area contributed by atoms with E-state index >= 15 is 0 Å². The number of ether oxygens (including phenoxy) is 2. The second kappa shape index (κ2) is 7.32. The Hall–Kier alpha value is -1.91. The minimum atomic E-state index is -0.458. The van der Waals surface area contributed by atoms with E-state index in [1.54, 1.807) is 0 Å². The van der Waals surface area contributed by atoms with Crippen LogP contribution in [0.5, 0.6) is 5.75 Å². The van der Waals surface area contributed by atoms with Gasteiger partial charge in [-0.3, -0.25) is 0 Å². The lowest BCUT2D eigenvalue weighted by atomic mass is 10.1. The monoisotopic (exact) mass is 334 g/mol. The summed E-state index contributed by atoms with van der Waals surface area (Å²) in [6.45, 7) is 14.8. The van der Waals surface area contributed by atoms with E-state index in [0.29, 0.717) is 13.2 Å². The molecule has 5 nitrogen and oxygen atoms in total. The molecule has 1 aromatic rings. The van der Waals surface area contributed by atoms with E-state index in [4.69, 9.17) is 9.47 Å². The van der Waals surface area contributed by atoms with Gasteiger partial charge in [-0.05, 0) is 65.3 Å². The first-order valence-corrected chi connectivity index (χ1v) is 8.69. The number of carbonyl (C=O) groups excluding carboxylic acids is 1. The molecule has 0 radical (unpaired) electrons. The number of amides is 1. The highest BCUT2D eigenvalue weighted by Crippen LogP contribution is 2.26. The van der Waals surface area contributed by atoms with Crippen LogP contribution in [-0.4, -0.2) is 48.9 Å². The zero-order chi connectivity index (χ0) is 17.9. The largest absolute Gasteiger partial charge is 0.494 e. The van der Waals surface area contributed by atoms with Crippen LogP contribution in [0, 0.1) is 6.92 Å². The number of benzene rings is 1. The highest BCUT2D eigenvalue weighted by Gasteiger charge is 2.31. The summed E-state index contributed by atoms with van der Waals surface area (Å²) in [6, 6.07) is 6.38. The third-order valence-corrected chi connectivity index (χ3v) is 4.08. The number of anilines is 1. The third-order valence-electron chi connectivity index (χ3n) is 4.08. The van der Waals surface area contributed by atoms with Gasteiger partial charge in [-0.2, -0.15) is 0 Å². The summed E-state index contributed by atoms with van der Waals surface area (Å²) >= 11 is 0. The quantitative estimate of drug-likeness (QED) is 0.842. The molecule has 0 saturated carbocycles. The molecule has 0 unspecified atom stereocenters. The number of aryl methyl sites for hydroxylation is 1. The number of hydrogen-bond donors (Lipinski definition) is 0. The SMILES string of the molecule is CCOc1ccc(N2CCN(C(=O)OC(C)(C)C)[C@H](C)C2)cc1C. The molecule has 0 aromatic heterocycles. The molecule has 1 aromatic carbocycles. The average molecular weight is 334 g/mol. The summed E-state index contributed by atoms with van der Waals surface area (Å²) in [7, 11) is 0. The van der Waals surface area contributed by atoms with Crippen molar-refractivity contribution in [2.75, 3.05) is 31.1 Å². The molecule has 0 spiro atoms. The summed E-state index contributed by atoms with van der Waals surface area (Å²) in [5.41, 5.74) is 1.85. The van der Waals surface area contributed by atoms with Crippen LogP contribution < -0.4 is 9.64 Å². The van der Waals surface area contributed by atoms with Gasteiger partial charge in [0.05, 0.1) is 6.61 Å². The van der Waals surface area contributed by atoms with Gasteiger partial charge in [-0.15, -0.1) is 0 Å². The Morgan fingerprint density at radius 1 is 1.29 bits per heavy atom. The minimum absolute atomic E-state index is 0.112. The molecule has 1 heterocycles. The zero-order valence-electron chi connectivity index (χ0n) is 15.8. The second-order valence-corrected chi connectivity index (χ2v) is 7.35. The summed E-state index contributed by atoms with van der Waals surface area (Å²) in [6.07, 6.45) is -0.225. The molecule has 1 aliphatic heterocycles. The van der Waals surface area contributed by atoms with E-state index in [0.717, 1.165) is 24.4 Å². The van der Waals surface area contributed by atoms with Gasteiger partial charge < -0.3 is 19.3 Å². The first-order valence-electron chi connectivity index (χ1n) is 8.69. The van der Waals surface area contributed by atoms with Crippen molar-refractivity contribution in [3.63, 3.8) is 0 Å². The van der Waals surface area contributed by atoms with Crippen molar-refractivity contribution >= 4 is 11.8 Å². The molecule has 0 aliphatic carbocycles. The Bertz CT molecular complexity index is 580. The molecule has 0 bridgehead atoms. The van der Waals surface area contributed by atoms with Crippen LogP contribution in [0.3, 0.4) is 0 Å². The average Bonchev–Trinajstić information content (AvgIpc) is 2.47. The van der Waals surface area contributed by atoms with E-state index in [2.05, 4.69) is 30.9 Å². The molecule has 0 N–H and O–H groups in total. The van der Waals surface area contributed by atoms with Gasteiger partial charge in [-0.25, -0.2) is 4.79 Å². The Morgan fingerprint density at radius 3 is 2.54 bits per heavy atom. The summed E-state index contributed by atoms with van der Waals surface area (Å²) in [5, 5.41) is 0.